The number of carbonyl (C=O) groups excluding carboxylic acids is 1. The quantitative estimate of drug-likeness (QED) is 0.492. The Bertz CT molecular complexity index is 127. The molecule has 1 amide bonds. The Labute approximate surface area is 61.6 Å². The largest absolute Gasteiger partial charge is 0.333 e. The zero-order valence-electron chi connectivity index (χ0n) is 6.50. The Balaban J connectivity index is 2.36. The predicted molar refractivity (Wildman–Crippen MR) is 39.4 cm³/mol. The van der Waals surface area contributed by atoms with Crippen LogP contribution in [-0.2, 0) is 4.79 Å². The van der Waals surface area contributed by atoms with E-state index in [0.29, 0.717) is 6.04 Å². The van der Waals surface area contributed by atoms with E-state index in [-0.39, 0.29) is 0 Å². The Kier molecular flexibility index (Phi) is 2.27. The van der Waals surface area contributed by atoms with Gasteiger partial charge in [0, 0.05) is 19.6 Å². The molecule has 0 saturated carbocycles. The van der Waals surface area contributed by atoms with Gasteiger partial charge in [-0.05, 0) is 20.0 Å². The van der Waals surface area contributed by atoms with Crippen molar-refractivity contribution in [2.24, 2.45) is 0 Å². The number of nitrogens with zero attached hydrogens (tertiary/aromatic N) is 2. The smallest absolute Gasteiger partial charge is 0.312 e. The van der Waals surface area contributed by atoms with Crippen molar-refractivity contribution >= 4 is 6.41 Å². The fraction of sp³-hybridized carbons (Fsp3) is 0.857. The summed E-state index contributed by atoms with van der Waals surface area (Å²) in [6, 6.07) is 0.391. The predicted octanol–water partition coefficient (Wildman–Crippen LogP) is -0.310. The summed E-state index contributed by atoms with van der Waals surface area (Å²) in [6.07, 6.45) is 2.97. The maximum Gasteiger partial charge on any atom is 0.312 e. The molecule has 0 aromatic carbocycles. The van der Waals surface area contributed by atoms with Gasteiger partial charge >= 0.3 is 6.41 Å². The molecule has 0 aromatic rings. The second kappa shape index (κ2) is 3.01. The summed E-state index contributed by atoms with van der Waals surface area (Å²) in [4.78, 5) is 14.0. The first kappa shape index (κ1) is 7.54. The molecule has 1 saturated heterocycles. The van der Waals surface area contributed by atoms with E-state index in [4.69, 9.17) is 0 Å². The summed E-state index contributed by atoms with van der Waals surface area (Å²) in [5.41, 5.74) is 0. The van der Waals surface area contributed by atoms with Crippen molar-refractivity contribution in [3.63, 3.8) is 0 Å². The van der Waals surface area contributed by atoms with E-state index in [1.165, 1.54) is 0 Å². The third kappa shape index (κ3) is 1.48. The van der Waals surface area contributed by atoms with Gasteiger partial charge in [-0.15, -0.1) is 0 Å². The van der Waals surface area contributed by atoms with Crippen LogP contribution < -0.4 is 0 Å². The Hall–Kier alpha value is -0.570. The highest BCUT2D eigenvalue weighted by Crippen LogP contribution is 2.10. The van der Waals surface area contributed by atoms with E-state index < -0.39 is 0 Å². The van der Waals surface area contributed by atoms with Gasteiger partial charge in [0.05, 0.1) is 0 Å². The monoisotopic (exact) mass is 141 g/mol. The van der Waals surface area contributed by atoms with Crippen LogP contribution in [0.1, 0.15) is 6.42 Å². The van der Waals surface area contributed by atoms with E-state index in [1.54, 1.807) is 11.9 Å². The van der Waals surface area contributed by atoms with Crippen LogP contribution in [0.25, 0.3) is 0 Å². The number of amides is 1. The molecule has 57 valence electrons. The lowest BCUT2D eigenvalue weighted by molar-refractivity contribution is 0.326. The second-order valence-electron chi connectivity index (χ2n) is 2.91. The molecular weight excluding hydrogens is 128 g/mol. The molecule has 3 heteroatoms. The maximum absolute atomic E-state index is 10.2. The summed E-state index contributed by atoms with van der Waals surface area (Å²) in [6.45, 7) is 2.09. The van der Waals surface area contributed by atoms with Crippen molar-refractivity contribution < 1.29 is 4.79 Å². The highest BCUT2D eigenvalue weighted by Gasteiger charge is 2.22. The molecule has 3 nitrogen and oxygen atoms in total. The van der Waals surface area contributed by atoms with Gasteiger partial charge in [-0.2, -0.15) is 0 Å². The molecule has 0 aromatic heterocycles. The zero-order chi connectivity index (χ0) is 7.56. The number of hydrogen-bond acceptors (Lipinski definition) is 2. The zero-order valence-corrected chi connectivity index (χ0v) is 6.50. The standard InChI is InChI=1S/C7H13N2O/c1-8-4-3-7(5-8)9(2)6-10/h7H,3-5H2,1-2H3. The van der Waals surface area contributed by atoms with E-state index in [0.717, 1.165) is 19.5 Å². The second-order valence-corrected chi connectivity index (χ2v) is 2.91. The molecule has 0 bridgehead atoms. The third-order valence-corrected chi connectivity index (χ3v) is 2.06. The Morgan fingerprint density at radius 1 is 1.70 bits per heavy atom. The molecule has 1 aliphatic rings. The third-order valence-electron chi connectivity index (χ3n) is 2.06. The molecule has 1 fully saturated rings. The average molecular weight is 141 g/mol. The van der Waals surface area contributed by atoms with Crippen molar-refractivity contribution in [3.05, 3.63) is 0 Å². The van der Waals surface area contributed by atoms with Gasteiger partial charge in [0.15, 0.2) is 0 Å². The molecule has 1 radical (unpaired) electrons. The van der Waals surface area contributed by atoms with Gasteiger partial charge in [-0.1, -0.05) is 0 Å². The van der Waals surface area contributed by atoms with E-state index in [9.17, 15) is 4.79 Å². The van der Waals surface area contributed by atoms with Crippen LogP contribution in [0, 0.1) is 0 Å². The SMILES string of the molecule is CN1CCC(N(C)[C]=O)C1. The van der Waals surface area contributed by atoms with Gasteiger partial charge in [0.2, 0.25) is 0 Å². The highest BCUT2D eigenvalue weighted by atomic mass is 16.1. The number of likely N-dealkylation sites (N-methyl/N-ethyl adjacent to an activating group) is 2. The molecule has 0 aliphatic carbocycles. The number of likely N-dealkylation sites (tertiary alicyclic amines) is 1. The average Bonchev–Trinajstić information content (AvgIpc) is 2.34. The number of hydrogen-bond donors (Lipinski definition) is 0. The van der Waals surface area contributed by atoms with Gasteiger partial charge in [0.25, 0.3) is 0 Å². The van der Waals surface area contributed by atoms with Crippen molar-refractivity contribution in [3.8, 4) is 0 Å². The lowest BCUT2D eigenvalue weighted by atomic mass is 10.2. The lowest BCUT2D eigenvalue weighted by Gasteiger charge is -2.17. The van der Waals surface area contributed by atoms with Gasteiger partial charge in [0.1, 0.15) is 0 Å². The summed E-state index contributed by atoms with van der Waals surface area (Å²) in [5.74, 6) is 0. The fourth-order valence-electron chi connectivity index (χ4n) is 1.30. The van der Waals surface area contributed by atoms with Gasteiger partial charge < -0.3 is 9.80 Å². The minimum atomic E-state index is 0.391. The van der Waals surface area contributed by atoms with Crippen LogP contribution in [-0.4, -0.2) is 49.4 Å². The fourth-order valence-corrected chi connectivity index (χ4v) is 1.30. The van der Waals surface area contributed by atoms with Crippen LogP contribution in [0.2, 0.25) is 0 Å². The van der Waals surface area contributed by atoms with Crippen LogP contribution in [0.4, 0.5) is 0 Å². The molecule has 0 spiro atoms. The maximum atomic E-state index is 10.2. The minimum absolute atomic E-state index is 0.391. The first-order valence-electron chi connectivity index (χ1n) is 3.53. The first-order chi connectivity index (χ1) is 4.74. The number of rotatable bonds is 2. The summed E-state index contributed by atoms with van der Waals surface area (Å²) >= 11 is 0. The van der Waals surface area contributed by atoms with Crippen LogP contribution in [0.3, 0.4) is 0 Å². The van der Waals surface area contributed by atoms with E-state index in [2.05, 4.69) is 11.9 Å². The van der Waals surface area contributed by atoms with Crippen LogP contribution >= 0.6 is 0 Å². The highest BCUT2D eigenvalue weighted by molar-refractivity contribution is 5.48. The first-order valence-corrected chi connectivity index (χ1v) is 3.53. The Morgan fingerprint density at radius 2 is 2.40 bits per heavy atom. The Morgan fingerprint density at radius 3 is 2.80 bits per heavy atom. The van der Waals surface area contributed by atoms with Crippen molar-refractivity contribution in [2.45, 2.75) is 12.5 Å². The van der Waals surface area contributed by atoms with Gasteiger partial charge in [-0.25, -0.2) is 0 Å². The van der Waals surface area contributed by atoms with Crippen molar-refractivity contribution in [2.75, 3.05) is 27.2 Å². The van der Waals surface area contributed by atoms with Crippen LogP contribution in [0.15, 0.2) is 0 Å². The molecule has 1 heterocycles. The minimum Gasteiger partial charge on any atom is -0.333 e. The van der Waals surface area contributed by atoms with Crippen LogP contribution in [0.5, 0.6) is 0 Å². The molecule has 1 unspecified atom stereocenters. The normalized spacial score (nSPS) is 26.8. The molecule has 1 rings (SSSR count). The molecular formula is C7H13N2O. The molecule has 10 heavy (non-hydrogen) atoms. The van der Waals surface area contributed by atoms with Gasteiger partial charge in [-0.3, -0.25) is 4.79 Å². The lowest BCUT2D eigenvalue weighted by Crippen LogP contribution is -2.32. The molecule has 0 N–H and O–H groups in total. The molecule has 1 aliphatic heterocycles. The summed E-state index contributed by atoms with van der Waals surface area (Å²) in [7, 11) is 3.86. The summed E-state index contributed by atoms with van der Waals surface area (Å²) < 4.78 is 0. The van der Waals surface area contributed by atoms with Crippen molar-refractivity contribution in [1.29, 1.82) is 0 Å². The molecule has 1 atom stereocenters. The van der Waals surface area contributed by atoms with E-state index >= 15 is 0 Å². The van der Waals surface area contributed by atoms with Crippen molar-refractivity contribution in [1.82, 2.24) is 9.80 Å². The van der Waals surface area contributed by atoms with E-state index in [1.807, 2.05) is 6.41 Å². The summed E-state index contributed by atoms with van der Waals surface area (Å²) in [5, 5.41) is 0. The topological polar surface area (TPSA) is 23.6 Å².